The summed E-state index contributed by atoms with van der Waals surface area (Å²) in [7, 11) is 0. The number of nitrogens with two attached hydrogens (primary N) is 1. The Labute approximate surface area is 86.7 Å². The first kappa shape index (κ1) is 9.89. The number of amides is 1. The molecule has 4 nitrogen and oxygen atoms in total. The first-order chi connectivity index (χ1) is 7.16. The van der Waals surface area contributed by atoms with Crippen LogP contribution in [0, 0.1) is 5.95 Å². The Balaban J connectivity index is 2.24. The van der Waals surface area contributed by atoms with Crippen LogP contribution in [0.4, 0.5) is 10.2 Å². The predicted octanol–water partition coefficient (Wildman–Crippen LogP) is 0.796. The van der Waals surface area contributed by atoms with E-state index >= 15 is 0 Å². The third-order valence-corrected chi connectivity index (χ3v) is 2.59. The molecule has 5 heteroatoms. The number of nitrogens with one attached hydrogen (secondary N) is 1. The first-order valence-corrected chi connectivity index (χ1v) is 4.85. The number of hydrogen-bond donors (Lipinski definition) is 2. The zero-order valence-corrected chi connectivity index (χ0v) is 8.16. The summed E-state index contributed by atoms with van der Waals surface area (Å²) in [5, 5.41) is 2.71. The minimum Gasteiger partial charge on any atom is -0.384 e. The van der Waals surface area contributed by atoms with Crippen LogP contribution in [-0.4, -0.2) is 17.4 Å². The van der Waals surface area contributed by atoms with Crippen LogP contribution < -0.4 is 11.1 Å². The SMILES string of the molecule is Nc1ccc([C@H]2CCNC(=O)C2)c(F)n1. The molecule has 1 aromatic rings. The third-order valence-electron chi connectivity index (χ3n) is 2.59. The Morgan fingerprint density at radius 2 is 2.33 bits per heavy atom. The van der Waals surface area contributed by atoms with Crippen molar-refractivity contribution in [1.82, 2.24) is 10.3 Å². The van der Waals surface area contributed by atoms with Gasteiger partial charge >= 0.3 is 0 Å². The van der Waals surface area contributed by atoms with Crippen molar-refractivity contribution in [2.24, 2.45) is 0 Å². The monoisotopic (exact) mass is 209 g/mol. The molecule has 0 aromatic carbocycles. The molecular weight excluding hydrogens is 197 g/mol. The molecule has 80 valence electrons. The lowest BCUT2D eigenvalue weighted by molar-refractivity contribution is -0.122. The van der Waals surface area contributed by atoms with Gasteiger partial charge in [0.2, 0.25) is 11.9 Å². The summed E-state index contributed by atoms with van der Waals surface area (Å²) in [5.74, 6) is -0.513. The van der Waals surface area contributed by atoms with Gasteiger partial charge in [-0.1, -0.05) is 6.07 Å². The topological polar surface area (TPSA) is 68.0 Å². The highest BCUT2D eigenvalue weighted by Gasteiger charge is 2.23. The van der Waals surface area contributed by atoms with Gasteiger partial charge in [-0.25, -0.2) is 4.98 Å². The van der Waals surface area contributed by atoms with Crippen LogP contribution in [0.15, 0.2) is 12.1 Å². The summed E-state index contributed by atoms with van der Waals surface area (Å²) < 4.78 is 13.4. The number of aromatic nitrogens is 1. The Morgan fingerprint density at radius 1 is 1.53 bits per heavy atom. The molecule has 3 N–H and O–H groups in total. The molecular formula is C10H12FN3O. The van der Waals surface area contributed by atoms with Gasteiger partial charge in [-0.3, -0.25) is 4.79 Å². The highest BCUT2D eigenvalue weighted by molar-refractivity contribution is 5.77. The number of pyridine rings is 1. The van der Waals surface area contributed by atoms with Gasteiger partial charge in [0.1, 0.15) is 5.82 Å². The smallest absolute Gasteiger partial charge is 0.220 e. The quantitative estimate of drug-likeness (QED) is 0.672. The molecule has 0 unspecified atom stereocenters. The van der Waals surface area contributed by atoms with E-state index in [-0.39, 0.29) is 17.6 Å². The fraction of sp³-hybridized carbons (Fsp3) is 0.400. The Hall–Kier alpha value is -1.65. The fourth-order valence-corrected chi connectivity index (χ4v) is 1.81. The van der Waals surface area contributed by atoms with E-state index in [0.29, 0.717) is 18.5 Å². The van der Waals surface area contributed by atoms with E-state index in [2.05, 4.69) is 10.3 Å². The lowest BCUT2D eigenvalue weighted by Crippen LogP contribution is -2.32. The summed E-state index contributed by atoms with van der Waals surface area (Å²) in [6.07, 6.45) is 1.07. The van der Waals surface area contributed by atoms with Crippen LogP contribution in [0.5, 0.6) is 0 Å². The molecule has 2 rings (SSSR count). The average Bonchev–Trinajstić information content (AvgIpc) is 2.17. The molecule has 1 aliphatic rings. The van der Waals surface area contributed by atoms with E-state index in [1.165, 1.54) is 0 Å². The van der Waals surface area contributed by atoms with Gasteiger partial charge in [0.05, 0.1) is 0 Å². The molecule has 15 heavy (non-hydrogen) atoms. The van der Waals surface area contributed by atoms with Crippen LogP contribution in [-0.2, 0) is 4.79 Å². The average molecular weight is 209 g/mol. The van der Waals surface area contributed by atoms with Gasteiger partial charge < -0.3 is 11.1 Å². The number of piperidine rings is 1. The van der Waals surface area contributed by atoms with Crippen LogP contribution in [0.25, 0.3) is 0 Å². The molecule has 1 saturated heterocycles. The first-order valence-electron chi connectivity index (χ1n) is 4.85. The van der Waals surface area contributed by atoms with Crippen molar-refractivity contribution in [2.75, 3.05) is 12.3 Å². The van der Waals surface area contributed by atoms with Crippen molar-refractivity contribution in [3.05, 3.63) is 23.6 Å². The molecule has 1 aliphatic heterocycles. The summed E-state index contributed by atoms with van der Waals surface area (Å²) in [5.41, 5.74) is 5.84. The van der Waals surface area contributed by atoms with Gasteiger partial charge in [-0.2, -0.15) is 4.39 Å². The van der Waals surface area contributed by atoms with Crippen molar-refractivity contribution < 1.29 is 9.18 Å². The van der Waals surface area contributed by atoms with Crippen molar-refractivity contribution in [2.45, 2.75) is 18.8 Å². The molecule has 2 heterocycles. The second kappa shape index (κ2) is 3.84. The van der Waals surface area contributed by atoms with Crippen LogP contribution >= 0.6 is 0 Å². The minimum absolute atomic E-state index is 0.0394. The highest BCUT2D eigenvalue weighted by atomic mass is 19.1. The van der Waals surface area contributed by atoms with Gasteiger partial charge in [0, 0.05) is 18.5 Å². The van der Waals surface area contributed by atoms with E-state index in [4.69, 9.17) is 5.73 Å². The zero-order chi connectivity index (χ0) is 10.8. The molecule has 0 radical (unpaired) electrons. The second-order valence-corrected chi connectivity index (χ2v) is 3.66. The van der Waals surface area contributed by atoms with Gasteiger partial charge in [-0.05, 0) is 18.4 Å². The molecule has 0 spiro atoms. The summed E-state index contributed by atoms with van der Waals surface area (Å²) in [6.45, 7) is 0.591. The third kappa shape index (κ3) is 2.06. The lowest BCUT2D eigenvalue weighted by Gasteiger charge is -2.22. The van der Waals surface area contributed by atoms with E-state index in [1.54, 1.807) is 12.1 Å². The van der Waals surface area contributed by atoms with E-state index in [9.17, 15) is 9.18 Å². The molecule has 1 aromatic heterocycles. The number of anilines is 1. The van der Waals surface area contributed by atoms with Crippen LogP contribution in [0.2, 0.25) is 0 Å². The van der Waals surface area contributed by atoms with Gasteiger partial charge in [-0.15, -0.1) is 0 Å². The number of carbonyl (C=O) groups excluding carboxylic acids is 1. The molecule has 1 amide bonds. The molecule has 0 bridgehead atoms. The number of rotatable bonds is 1. The fourth-order valence-electron chi connectivity index (χ4n) is 1.81. The number of halogens is 1. The maximum absolute atomic E-state index is 13.4. The van der Waals surface area contributed by atoms with Gasteiger partial charge in [0.15, 0.2) is 0 Å². The Kier molecular flexibility index (Phi) is 2.53. The Bertz CT molecular complexity index is 394. The predicted molar refractivity (Wildman–Crippen MR) is 53.6 cm³/mol. The van der Waals surface area contributed by atoms with Crippen molar-refractivity contribution in [1.29, 1.82) is 0 Å². The van der Waals surface area contributed by atoms with E-state index < -0.39 is 5.95 Å². The number of hydrogen-bond acceptors (Lipinski definition) is 3. The maximum Gasteiger partial charge on any atom is 0.220 e. The molecule has 1 atom stereocenters. The van der Waals surface area contributed by atoms with E-state index in [1.807, 2.05) is 0 Å². The molecule has 1 fully saturated rings. The largest absolute Gasteiger partial charge is 0.384 e. The zero-order valence-electron chi connectivity index (χ0n) is 8.16. The second-order valence-electron chi connectivity index (χ2n) is 3.66. The lowest BCUT2D eigenvalue weighted by atomic mass is 9.91. The highest BCUT2D eigenvalue weighted by Crippen LogP contribution is 2.27. The minimum atomic E-state index is -0.560. The number of carbonyl (C=O) groups is 1. The molecule has 0 aliphatic carbocycles. The van der Waals surface area contributed by atoms with E-state index in [0.717, 1.165) is 6.42 Å². The number of nitrogens with zero attached hydrogens (tertiary/aromatic N) is 1. The standard InChI is InChI=1S/C10H12FN3O/c11-10-7(1-2-8(12)14-10)6-3-4-13-9(15)5-6/h1-2,6H,3-5H2,(H2,12,14)(H,13,15)/t6-/m0/s1. The summed E-state index contributed by atoms with van der Waals surface area (Å²) >= 11 is 0. The number of nitrogen functional groups attached to an aromatic ring is 1. The summed E-state index contributed by atoms with van der Waals surface area (Å²) in [6, 6.07) is 3.17. The van der Waals surface area contributed by atoms with Crippen molar-refractivity contribution in [3.8, 4) is 0 Å². The molecule has 0 saturated carbocycles. The van der Waals surface area contributed by atoms with Crippen molar-refractivity contribution >= 4 is 11.7 Å². The normalized spacial score (nSPS) is 21.1. The van der Waals surface area contributed by atoms with Crippen LogP contribution in [0.3, 0.4) is 0 Å². The van der Waals surface area contributed by atoms with Crippen LogP contribution in [0.1, 0.15) is 24.3 Å². The maximum atomic E-state index is 13.4. The van der Waals surface area contributed by atoms with Gasteiger partial charge in [0.25, 0.3) is 0 Å². The Morgan fingerprint density at radius 3 is 3.00 bits per heavy atom. The summed E-state index contributed by atoms with van der Waals surface area (Å²) in [4.78, 5) is 14.7. The van der Waals surface area contributed by atoms with Crippen molar-refractivity contribution in [3.63, 3.8) is 0 Å².